The number of benzene rings is 2. The molecular weight excluding hydrogens is 411 g/mol. The average molecular weight is 427 g/mol. The number of amides is 1. The molecule has 0 saturated carbocycles. The van der Waals surface area contributed by atoms with Gasteiger partial charge in [-0.3, -0.25) is 15.1 Å². The summed E-state index contributed by atoms with van der Waals surface area (Å²) in [4.78, 5) is 11.5. The molecule has 7 nitrogen and oxygen atoms in total. The molecule has 10 heteroatoms. The number of aromatic nitrogens is 4. The Bertz CT molecular complexity index is 1230. The van der Waals surface area contributed by atoms with Crippen molar-refractivity contribution < 1.29 is 23.2 Å². The van der Waals surface area contributed by atoms with Crippen LogP contribution in [-0.2, 0) is 6.18 Å². The van der Waals surface area contributed by atoms with Crippen LogP contribution in [0.15, 0.2) is 60.8 Å². The first-order valence-corrected chi connectivity index (χ1v) is 9.11. The normalized spacial score (nSPS) is 11.5. The molecule has 3 N–H and O–H groups in total. The van der Waals surface area contributed by atoms with Gasteiger partial charge in [0.15, 0.2) is 5.69 Å². The summed E-state index contributed by atoms with van der Waals surface area (Å²) in [6.07, 6.45) is -3.05. The zero-order valence-electron chi connectivity index (χ0n) is 16.1. The monoisotopic (exact) mass is 427 g/mol. The Kier molecular flexibility index (Phi) is 5.07. The largest absolute Gasteiger partial charge is 0.435 e. The van der Waals surface area contributed by atoms with Crippen molar-refractivity contribution in [3.8, 4) is 28.2 Å². The standard InChI is InChI=1S/C21H16F3N5O2/c1-12-2-3-14(17-8-9-25-26-17)10-16(12)18-11-19(21(22,23)24)27-29(18)15-6-4-13(5-7-15)20(30)28-31/h2-11,31H,1H3,(H,25,26)(H,28,30). The Labute approximate surface area is 174 Å². The summed E-state index contributed by atoms with van der Waals surface area (Å²) < 4.78 is 41.6. The van der Waals surface area contributed by atoms with Crippen LogP contribution in [0.5, 0.6) is 0 Å². The van der Waals surface area contributed by atoms with Crippen LogP contribution in [-0.4, -0.2) is 31.1 Å². The molecule has 2 aromatic heterocycles. The first-order valence-electron chi connectivity index (χ1n) is 9.11. The van der Waals surface area contributed by atoms with E-state index in [0.29, 0.717) is 11.3 Å². The predicted molar refractivity (Wildman–Crippen MR) is 106 cm³/mol. The molecule has 0 aliphatic rings. The van der Waals surface area contributed by atoms with E-state index < -0.39 is 17.8 Å². The summed E-state index contributed by atoms with van der Waals surface area (Å²) >= 11 is 0. The number of aryl methyl sites for hydroxylation is 1. The molecule has 0 aliphatic heterocycles. The Balaban J connectivity index is 1.88. The Morgan fingerprint density at radius 3 is 2.45 bits per heavy atom. The molecule has 4 rings (SSSR count). The topological polar surface area (TPSA) is 95.8 Å². The highest BCUT2D eigenvalue weighted by molar-refractivity contribution is 5.93. The molecule has 0 unspecified atom stereocenters. The maximum Gasteiger partial charge on any atom is 0.435 e. The lowest BCUT2D eigenvalue weighted by Crippen LogP contribution is -2.18. The highest BCUT2D eigenvalue weighted by atomic mass is 19.4. The molecule has 0 aliphatic carbocycles. The Hall–Kier alpha value is -3.92. The van der Waals surface area contributed by atoms with Crippen molar-refractivity contribution in [3.63, 3.8) is 0 Å². The van der Waals surface area contributed by atoms with Gasteiger partial charge in [-0.1, -0.05) is 12.1 Å². The van der Waals surface area contributed by atoms with Gasteiger partial charge in [0.25, 0.3) is 5.91 Å². The molecule has 0 fully saturated rings. The van der Waals surface area contributed by atoms with Crippen molar-refractivity contribution in [1.82, 2.24) is 25.5 Å². The minimum Gasteiger partial charge on any atom is -0.288 e. The lowest BCUT2D eigenvalue weighted by molar-refractivity contribution is -0.141. The molecule has 31 heavy (non-hydrogen) atoms. The van der Waals surface area contributed by atoms with Crippen molar-refractivity contribution in [2.24, 2.45) is 0 Å². The lowest BCUT2D eigenvalue weighted by atomic mass is 10.00. The summed E-state index contributed by atoms with van der Waals surface area (Å²) in [5.41, 5.74) is 3.99. The molecule has 158 valence electrons. The van der Waals surface area contributed by atoms with Crippen LogP contribution in [0.1, 0.15) is 21.6 Å². The van der Waals surface area contributed by atoms with E-state index in [2.05, 4.69) is 15.3 Å². The van der Waals surface area contributed by atoms with E-state index in [4.69, 9.17) is 5.21 Å². The van der Waals surface area contributed by atoms with Crippen molar-refractivity contribution in [2.75, 3.05) is 0 Å². The number of carbonyl (C=O) groups is 1. The van der Waals surface area contributed by atoms with Crippen molar-refractivity contribution >= 4 is 5.91 Å². The number of halogens is 3. The number of alkyl halides is 3. The van der Waals surface area contributed by atoms with Crippen LogP contribution in [0, 0.1) is 6.92 Å². The van der Waals surface area contributed by atoms with Gasteiger partial charge in [-0.05, 0) is 55.0 Å². The van der Waals surface area contributed by atoms with Gasteiger partial charge >= 0.3 is 6.18 Å². The third-order valence-electron chi connectivity index (χ3n) is 4.80. The number of hydroxylamine groups is 1. The highest BCUT2D eigenvalue weighted by Gasteiger charge is 2.35. The number of aromatic amines is 1. The molecule has 0 spiro atoms. The first kappa shape index (κ1) is 20.4. The molecule has 2 aromatic carbocycles. The van der Waals surface area contributed by atoms with Crippen LogP contribution in [0.4, 0.5) is 13.2 Å². The van der Waals surface area contributed by atoms with Gasteiger partial charge in [-0.25, -0.2) is 10.2 Å². The van der Waals surface area contributed by atoms with E-state index >= 15 is 0 Å². The van der Waals surface area contributed by atoms with Gasteiger partial charge in [0.2, 0.25) is 0 Å². The summed E-state index contributed by atoms with van der Waals surface area (Å²) in [5.74, 6) is -0.730. The summed E-state index contributed by atoms with van der Waals surface area (Å²) in [7, 11) is 0. The van der Waals surface area contributed by atoms with E-state index in [0.717, 1.165) is 22.9 Å². The van der Waals surface area contributed by atoms with Crippen LogP contribution >= 0.6 is 0 Å². The van der Waals surface area contributed by atoms with Gasteiger partial charge in [0.1, 0.15) is 0 Å². The number of nitrogens with zero attached hydrogens (tertiary/aromatic N) is 3. The molecule has 1 amide bonds. The lowest BCUT2D eigenvalue weighted by Gasteiger charge is -2.12. The quantitative estimate of drug-likeness (QED) is 0.333. The van der Waals surface area contributed by atoms with Gasteiger partial charge in [0.05, 0.1) is 17.1 Å². The maximum absolute atomic E-state index is 13.5. The second kappa shape index (κ2) is 7.73. The zero-order chi connectivity index (χ0) is 22.2. The molecule has 0 radical (unpaired) electrons. The number of nitrogens with one attached hydrogen (secondary N) is 2. The zero-order valence-corrected chi connectivity index (χ0v) is 16.1. The fraction of sp³-hybridized carbons (Fsp3) is 0.0952. The average Bonchev–Trinajstić information content (AvgIpc) is 3.44. The SMILES string of the molecule is Cc1ccc(-c2ccn[nH]2)cc1-c1cc(C(F)(F)F)nn1-c1ccc(C(=O)NO)cc1. The van der Waals surface area contributed by atoms with Crippen molar-refractivity contribution in [3.05, 3.63) is 77.6 Å². The highest BCUT2D eigenvalue weighted by Crippen LogP contribution is 2.35. The van der Waals surface area contributed by atoms with Crippen LogP contribution in [0.3, 0.4) is 0 Å². The maximum atomic E-state index is 13.5. The van der Waals surface area contributed by atoms with Gasteiger partial charge in [-0.2, -0.15) is 23.4 Å². The Morgan fingerprint density at radius 2 is 1.84 bits per heavy atom. The summed E-state index contributed by atoms with van der Waals surface area (Å²) in [6.45, 7) is 1.80. The number of rotatable bonds is 4. The smallest absolute Gasteiger partial charge is 0.288 e. The fourth-order valence-corrected chi connectivity index (χ4v) is 3.21. The molecule has 0 bridgehead atoms. The number of hydrogen-bond acceptors (Lipinski definition) is 4. The van der Waals surface area contributed by atoms with E-state index in [1.807, 2.05) is 12.1 Å². The number of carbonyl (C=O) groups excluding carboxylic acids is 1. The summed E-state index contributed by atoms with van der Waals surface area (Å²) in [6, 6.07) is 13.9. The molecule has 0 saturated heterocycles. The predicted octanol–water partition coefficient (Wildman–Crippen LogP) is 4.38. The minimum atomic E-state index is -4.63. The van der Waals surface area contributed by atoms with Crippen LogP contribution in [0.25, 0.3) is 28.2 Å². The molecule has 2 heterocycles. The van der Waals surface area contributed by atoms with Crippen molar-refractivity contribution in [1.29, 1.82) is 0 Å². The van der Waals surface area contributed by atoms with Crippen molar-refractivity contribution in [2.45, 2.75) is 13.1 Å². The minimum absolute atomic E-state index is 0.147. The number of H-pyrrole nitrogens is 1. The van der Waals surface area contributed by atoms with Gasteiger partial charge in [-0.15, -0.1) is 0 Å². The van der Waals surface area contributed by atoms with E-state index in [1.165, 1.54) is 34.4 Å². The Morgan fingerprint density at radius 1 is 1.10 bits per heavy atom. The van der Waals surface area contributed by atoms with E-state index in [9.17, 15) is 18.0 Å². The van der Waals surface area contributed by atoms with E-state index in [-0.39, 0.29) is 11.3 Å². The first-order chi connectivity index (χ1) is 14.8. The van der Waals surface area contributed by atoms with Crippen LogP contribution in [0.2, 0.25) is 0 Å². The fourth-order valence-electron chi connectivity index (χ4n) is 3.21. The van der Waals surface area contributed by atoms with Gasteiger partial charge < -0.3 is 0 Å². The van der Waals surface area contributed by atoms with E-state index in [1.54, 1.807) is 25.3 Å². The molecule has 0 atom stereocenters. The second-order valence-electron chi connectivity index (χ2n) is 6.81. The second-order valence-corrected chi connectivity index (χ2v) is 6.81. The van der Waals surface area contributed by atoms with Gasteiger partial charge in [0, 0.05) is 22.9 Å². The third kappa shape index (κ3) is 3.92. The molecule has 4 aromatic rings. The number of hydrogen-bond donors (Lipinski definition) is 3. The summed E-state index contributed by atoms with van der Waals surface area (Å²) in [5, 5.41) is 19.3. The third-order valence-corrected chi connectivity index (χ3v) is 4.80. The molecular formula is C21H16F3N5O2. The van der Waals surface area contributed by atoms with Crippen LogP contribution < -0.4 is 5.48 Å².